The summed E-state index contributed by atoms with van der Waals surface area (Å²) in [5, 5.41) is 20.3. The molecule has 0 spiro atoms. The smallest absolute Gasteiger partial charge is 0.410 e. The Morgan fingerprint density at radius 3 is 2.33 bits per heavy atom. The molecule has 2 aliphatic rings. The summed E-state index contributed by atoms with van der Waals surface area (Å²) < 4.78 is 5.24. The second kappa shape index (κ2) is 5.35. The normalized spacial score (nSPS) is 28.7. The molecule has 0 saturated carbocycles. The molecule has 2 N–H and O–H groups in total. The van der Waals surface area contributed by atoms with Crippen LogP contribution in [-0.4, -0.2) is 63.0 Å². The maximum Gasteiger partial charge on any atom is 0.410 e. The number of aliphatic carboxylic acids is 1. The molecule has 120 valence electrons. The number of carboxylic acids is 1. The number of β-amino-alcohol motifs (C(OH)–C–C–N with tert-alkyl or cyclic N) is 1. The van der Waals surface area contributed by atoms with Gasteiger partial charge in [0.2, 0.25) is 0 Å². The lowest BCUT2D eigenvalue weighted by Crippen LogP contribution is -2.74. The van der Waals surface area contributed by atoms with Crippen molar-refractivity contribution in [2.45, 2.75) is 44.8 Å². The largest absolute Gasteiger partial charge is 0.481 e. The standard InChI is InChI=1S/C14H23NO5S/c1-12(2,3)20-11(18)15-7-14(19,8-15)13(10(16)17)5-4-6-21-9-13/h19H,4-9H2,1-3H3,(H,16,17). The predicted molar refractivity (Wildman–Crippen MR) is 79.4 cm³/mol. The average molecular weight is 317 g/mol. The molecule has 7 heteroatoms. The molecule has 1 amide bonds. The van der Waals surface area contributed by atoms with Crippen LogP contribution in [0, 0.1) is 5.41 Å². The lowest BCUT2D eigenvalue weighted by molar-refractivity contribution is -0.194. The fourth-order valence-electron chi connectivity index (χ4n) is 2.87. The minimum Gasteiger partial charge on any atom is -0.481 e. The number of thioether (sulfide) groups is 1. The number of carboxylic acid groups (broad SMARTS) is 1. The summed E-state index contributed by atoms with van der Waals surface area (Å²) in [7, 11) is 0. The number of rotatable bonds is 2. The third-order valence-electron chi connectivity index (χ3n) is 4.10. The molecular weight excluding hydrogens is 294 g/mol. The lowest BCUT2D eigenvalue weighted by Gasteiger charge is -2.55. The first-order chi connectivity index (χ1) is 9.60. The fourth-order valence-corrected chi connectivity index (χ4v) is 4.25. The Balaban J connectivity index is 2.05. The fraction of sp³-hybridized carbons (Fsp3) is 0.857. The Kier molecular flexibility index (Phi) is 4.19. The molecule has 2 aliphatic heterocycles. The Bertz CT molecular complexity index is 433. The van der Waals surface area contributed by atoms with E-state index in [2.05, 4.69) is 0 Å². The highest BCUT2D eigenvalue weighted by molar-refractivity contribution is 7.99. The summed E-state index contributed by atoms with van der Waals surface area (Å²) in [5.74, 6) is 0.336. The molecule has 0 bridgehead atoms. The van der Waals surface area contributed by atoms with Gasteiger partial charge in [-0.15, -0.1) is 0 Å². The molecule has 1 unspecified atom stereocenters. The highest BCUT2D eigenvalue weighted by Gasteiger charge is 2.63. The van der Waals surface area contributed by atoms with E-state index < -0.39 is 28.7 Å². The van der Waals surface area contributed by atoms with Crippen molar-refractivity contribution in [2.24, 2.45) is 5.41 Å². The quantitative estimate of drug-likeness (QED) is 0.804. The van der Waals surface area contributed by atoms with Crippen molar-refractivity contribution >= 4 is 23.8 Å². The molecule has 0 aromatic rings. The van der Waals surface area contributed by atoms with Crippen molar-refractivity contribution in [3.05, 3.63) is 0 Å². The van der Waals surface area contributed by atoms with Crippen LogP contribution in [0.4, 0.5) is 4.79 Å². The van der Waals surface area contributed by atoms with Crippen LogP contribution in [0.1, 0.15) is 33.6 Å². The van der Waals surface area contributed by atoms with Crippen LogP contribution in [0.3, 0.4) is 0 Å². The third-order valence-corrected chi connectivity index (χ3v) is 5.37. The minimum absolute atomic E-state index is 0.0226. The average Bonchev–Trinajstić information content (AvgIpc) is 2.33. The lowest BCUT2D eigenvalue weighted by atomic mass is 9.66. The number of amides is 1. The van der Waals surface area contributed by atoms with Gasteiger partial charge in [0.05, 0.1) is 13.1 Å². The van der Waals surface area contributed by atoms with Crippen molar-refractivity contribution in [1.29, 1.82) is 0 Å². The van der Waals surface area contributed by atoms with E-state index in [1.54, 1.807) is 32.5 Å². The van der Waals surface area contributed by atoms with E-state index in [0.29, 0.717) is 12.2 Å². The SMILES string of the molecule is CC(C)(C)OC(=O)N1CC(O)(C2(C(=O)O)CCCSC2)C1. The zero-order valence-corrected chi connectivity index (χ0v) is 13.5. The molecule has 2 saturated heterocycles. The first-order valence-corrected chi connectivity index (χ1v) is 8.27. The molecule has 0 aromatic heterocycles. The van der Waals surface area contributed by atoms with Gasteiger partial charge in [0.1, 0.15) is 16.6 Å². The Morgan fingerprint density at radius 2 is 1.90 bits per heavy atom. The summed E-state index contributed by atoms with van der Waals surface area (Å²) in [6, 6.07) is 0. The van der Waals surface area contributed by atoms with E-state index in [9.17, 15) is 19.8 Å². The number of likely N-dealkylation sites (tertiary alicyclic amines) is 1. The van der Waals surface area contributed by atoms with Gasteiger partial charge in [0, 0.05) is 5.75 Å². The number of aliphatic hydroxyl groups is 1. The predicted octanol–water partition coefficient (Wildman–Crippen LogP) is 1.57. The number of hydrogen-bond acceptors (Lipinski definition) is 5. The van der Waals surface area contributed by atoms with Crippen LogP contribution < -0.4 is 0 Å². The van der Waals surface area contributed by atoms with Crippen molar-refractivity contribution in [3.63, 3.8) is 0 Å². The van der Waals surface area contributed by atoms with E-state index >= 15 is 0 Å². The van der Waals surface area contributed by atoms with E-state index in [1.165, 1.54) is 4.90 Å². The summed E-state index contributed by atoms with van der Waals surface area (Å²) in [5.41, 5.74) is -3.12. The highest BCUT2D eigenvalue weighted by atomic mass is 32.2. The topological polar surface area (TPSA) is 87.1 Å². The first-order valence-electron chi connectivity index (χ1n) is 7.11. The van der Waals surface area contributed by atoms with E-state index in [1.807, 2.05) is 0 Å². The van der Waals surface area contributed by atoms with Crippen molar-refractivity contribution in [1.82, 2.24) is 4.90 Å². The van der Waals surface area contributed by atoms with Crippen molar-refractivity contribution < 1.29 is 24.5 Å². The summed E-state index contributed by atoms with van der Waals surface area (Å²) >= 11 is 1.55. The van der Waals surface area contributed by atoms with E-state index in [0.717, 1.165) is 12.2 Å². The van der Waals surface area contributed by atoms with E-state index in [-0.39, 0.29) is 13.1 Å². The van der Waals surface area contributed by atoms with Crippen LogP contribution in [0.25, 0.3) is 0 Å². The molecule has 21 heavy (non-hydrogen) atoms. The van der Waals surface area contributed by atoms with Crippen molar-refractivity contribution in [2.75, 3.05) is 24.6 Å². The molecule has 6 nitrogen and oxygen atoms in total. The van der Waals surface area contributed by atoms with Gasteiger partial charge in [-0.25, -0.2) is 4.79 Å². The van der Waals surface area contributed by atoms with Gasteiger partial charge in [0.25, 0.3) is 0 Å². The van der Waals surface area contributed by atoms with Gasteiger partial charge in [-0.3, -0.25) is 4.79 Å². The number of ether oxygens (including phenoxy) is 1. The highest BCUT2D eigenvalue weighted by Crippen LogP contribution is 2.47. The van der Waals surface area contributed by atoms with Gasteiger partial charge < -0.3 is 19.8 Å². The Labute approximate surface area is 128 Å². The van der Waals surface area contributed by atoms with Gasteiger partial charge in [-0.05, 0) is 39.4 Å². The summed E-state index contributed by atoms with van der Waals surface area (Å²) in [6.07, 6.45) is 0.718. The molecule has 0 aromatic carbocycles. The van der Waals surface area contributed by atoms with Gasteiger partial charge >= 0.3 is 12.1 Å². The van der Waals surface area contributed by atoms with Crippen LogP contribution in [-0.2, 0) is 9.53 Å². The molecule has 0 aliphatic carbocycles. The van der Waals surface area contributed by atoms with E-state index in [4.69, 9.17) is 4.74 Å². The van der Waals surface area contributed by atoms with Crippen molar-refractivity contribution in [3.8, 4) is 0 Å². The number of hydrogen-bond donors (Lipinski definition) is 2. The van der Waals surface area contributed by atoms with Gasteiger partial charge in [-0.1, -0.05) is 0 Å². The molecule has 0 radical (unpaired) electrons. The second-order valence-electron chi connectivity index (χ2n) is 6.91. The molecule has 2 fully saturated rings. The summed E-state index contributed by atoms with van der Waals surface area (Å²) in [4.78, 5) is 25.0. The summed E-state index contributed by atoms with van der Waals surface area (Å²) in [6.45, 7) is 5.36. The zero-order valence-electron chi connectivity index (χ0n) is 12.7. The number of nitrogens with zero attached hydrogens (tertiary/aromatic N) is 1. The number of carbonyl (C=O) groups is 2. The first kappa shape index (κ1) is 16.4. The minimum atomic E-state index is -1.36. The maximum atomic E-state index is 11.9. The monoisotopic (exact) mass is 317 g/mol. The molecule has 1 atom stereocenters. The molecular formula is C14H23NO5S. The second-order valence-corrected chi connectivity index (χ2v) is 8.02. The third kappa shape index (κ3) is 2.99. The maximum absolute atomic E-state index is 11.9. The van der Waals surface area contributed by atoms with Crippen LogP contribution in [0.15, 0.2) is 0 Å². The van der Waals surface area contributed by atoms with Crippen LogP contribution >= 0.6 is 11.8 Å². The molecule has 2 heterocycles. The Morgan fingerprint density at radius 1 is 1.29 bits per heavy atom. The van der Waals surface area contributed by atoms with Crippen LogP contribution in [0.5, 0.6) is 0 Å². The molecule has 2 rings (SSSR count). The number of carbonyl (C=O) groups excluding carboxylic acids is 1. The van der Waals surface area contributed by atoms with Gasteiger partial charge in [-0.2, -0.15) is 11.8 Å². The van der Waals surface area contributed by atoms with Gasteiger partial charge in [0.15, 0.2) is 0 Å². The Hall–Kier alpha value is -0.950. The van der Waals surface area contributed by atoms with Crippen LogP contribution in [0.2, 0.25) is 0 Å². The zero-order chi connectivity index (χ0) is 15.9.